The first-order valence-corrected chi connectivity index (χ1v) is 3.97. The lowest BCUT2D eigenvalue weighted by atomic mass is 10.2. The summed E-state index contributed by atoms with van der Waals surface area (Å²) in [7, 11) is 0. The molecular formula is C9H8F2O4. The van der Waals surface area contributed by atoms with Gasteiger partial charge in [0.05, 0.1) is 12.2 Å². The highest BCUT2D eigenvalue weighted by Gasteiger charge is 2.13. The number of rotatable bonds is 4. The van der Waals surface area contributed by atoms with Gasteiger partial charge in [0.1, 0.15) is 12.4 Å². The van der Waals surface area contributed by atoms with Crippen molar-refractivity contribution in [2.75, 3.05) is 6.61 Å². The molecule has 0 atom stereocenters. The van der Waals surface area contributed by atoms with Crippen LogP contribution < -0.4 is 0 Å². The van der Waals surface area contributed by atoms with Gasteiger partial charge in [-0.1, -0.05) is 0 Å². The number of phenols is 1. The fourth-order valence-corrected chi connectivity index (χ4v) is 0.958. The summed E-state index contributed by atoms with van der Waals surface area (Å²) in [4.78, 5) is 10.1. The van der Waals surface area contributed by atoms with Crippen LogP contribution >= 0.6 is 0 Å². The summed E-state index contributed by atoms with van der Waals surface area (Å²) in [6.07, 6.45) is 0. The molecule has 0 fully saturated rings. The van der Waals surface area contributed by atoms with Crippen LogP contribution in [0.3, 0.4) is 0 Å². The standard InChI is InChI=1S/C9H8F2O4/c10-6-1-2-7(12)9(11)5(6)3-15-4-8(13)14/h1-2,12H,3-4H2,(H,13,14). The van der Waals surface area contributed by atoms with Gasteiger partial charge in [-0.2, -0.15) is 0 Å². The van der Waals surface area contributed by atoms with Crippen LogP contribution in [0.15, 0.2) is 12.1 Å². The molecule has 0 spiro atoms. The Balaban J connectivity index is 2.75. The quantitative estimate of drug-likeness (QED) is 0.798. The third-order valence-corrected chi connectivity index (χ3v) is 1.64. The first kappa shape index (κ1) is 11.4. The van der Waals surface area contributed by atoms with Crippen LogP contribution in [0.4, 0.5) is 8.78 Å². The third kappa shape index (κ3) is 2.88. The Morgan fingerprint density at radius 3 is 2.67 bits per heavy atom. The SMILES string of the molecule is O=C(O)COCc1c(F)ccc(O)c1F. The fourth-order valence-electron chi connectivity index (χ4n) is 0.958. The lowest BCUT2D eigenvalue weighted by Gasteiger charge is -2.05. The van der Waals surface area contributed by atoms with E-state index in [9.17, 15) is 13.6 Å². The first-order chi connectivity index (χ1) is 7.02. The summed E-state index contributed by atoms with van der Waals surface area (Å²) >= 11 is 0. The molecule has 4 nitrogen and oxygen atoms in total. The monoisotopic (exact) mass is 218 g/mol. The van der Waals surface area contributed by atoms with E-state index in [4.69, 9.17) is 10.2 Å². The average Bonchev–Trinajstić information content (AvgIpc) is 2.17. The number of hydrogen-bond donors (Lipinski definition) is 2. The van der Waals surface area contributed by atoms with Gasteiger partial charge in [-0.15, -0.1) is 0 Å². The van der Waals surface area contributed by atoms with Gasteiger partial charge in [0.2, 0.25) is 0 Å². The summed E-state index contributed by atoms with van der Waals surface area (Å²) in [5, 5.41) is 17.1. The lowest BCUT2D eigenvalue weighted by Crippen LogP contribution is -2.08. The van der Waals surface area contributed by atoms with Crippen molar-refractivity contribution in [3.05, 3.63) is 29.3 Å². The maximum absolute atomic E-state index is 13.1. The molecule has 0 saturated heterocycles. The Morgan fingerprint density at radius 1 is 1.40 bits per heavy atom. The van der Waals surface area contributed by atoms with Crippen LogP contribution in [0, 0.1) is 11.6 Å². The summed E-state index contributed by atoms with van der Waals surface area (Å²) in [5.41, 5.74) is -0.490. The molecule has 6 heteroatoms. The number of benzene rings is 1. The lowest BCUT2D eigenvalue weighted by molar-refractivity contribution is -0.142. The highest BCUT2D eigenvalue weighted by molar-refractivity contribution is 5.67. The van der Waals surface area contributed by atoms with Crippen molar-refractivity contribution in [1.82, 2.24) is 0 Å². The number of phenolic OH excluding ortho intramolecular Hbond substituents is 1. The Morgan fingerprint density at radius 2 is 2.07 bits per heavy atom. The minimum absolute atomic E-state index is 0.490. The van der Waals surface area contributed by atoms with Crippen LogP contribution in [-0.2, 0) is 16.1 Å². The van der Waals surface area contributed by atoms with Crippen molar-refractivity contribution >= 4 is 5.97 Å². The molecule has 15 heavy (non-hydrogen) atoms. The van der Waals surface area contributed by atoms with Crippen molar-refractivity contribution in [3.8, 4) is 5.75 Å². The topological polar surface area (TPSA) is 66.8 Å². The van der Waals surface area contributed by atoms with Crippen molar-refractivity contribution in [1.29, 1.82) is 0 Å². The van der Waals surface area contributed by atoms with E-state index in [1.807, 2.05) is 0 Å². The minimum atomic E-state index is -1.24. The van der Waals surface area contributed by atoms with Crippen LogP contribution in [0.5, 0.6) is 5.75 Å². The van der Waals surface area contributed by atoms with Crippen LogP contribution in [0.1, 0.15) is 5.56 Å². The van der Waals surface area contributed by atoms with Crippen LogP contribution in [-0.4, -0.2) is 22.8 Å². The molecule has 2 N–H and O–H groups in total. The zero-order valence-corrected chi connectivity index (χ0v) is 7.54. The second-order valence-electron chi connectivity index (χ2n) is 2.75. The molecule has 0 aromatic heterocycles. The fraction of sp³-hybridized carbons (Fsp3) is 0.222. The molecule has 0 heterocycles. The molecule has 0 aliphatic carbocycles. The van der Waals surface area contributed by atoms with Gasteiger partial charge in [0.15, 0.2) is 11.6 Å². The van der Waals surface area contributed by atoms with Gasteiger partial charge < -0.3 is 14.9 Å². The second-order valence-corrected chi connectivity index (χ2v) is 2.75. The van der Waals surface area contributed by atoms with Gasteiger partial charge in [-0.05, 0) is 12.1 Å². The third-order valence-electron chi connectivity index (χ3n) is 1.64. The van der Waals surface area contributed by atoms with E-state index in [1.165, 1.54) is 0 Å². The summed E-state index contributed by atoms with van der Waals surface area (Å²) in [6.45, 7) is -1.20. The maximum atomic E-state index is 13.1. The first-order valence-electron chi connectivity index (χ1n) is 3.97. The van der Waals surface area contributed by atoms with E-state index in [0.717, 1.165) is 12.1 Å². The normalized spacial score (nSPS) is 10.3. The van der Waals surface area contributed by atoms with Gasteiger partial charge in [0.25, 0.3) is 0 Å². The number of aromatic hydroxyl groups is 1. The summed E-state index contributed by atoms with van der Waals surface area (Å²) in [6, 6.07) is 1.74. The molecule has 0 bridgehead atoms. The number of halogens is 2. The Labute approximate surface area is 83.7 Å². The number of carbonyl (C=O) groups is 1. The number of hydrogen-bond acceptors (Lipinski definition) is 3. The number of aliphatic carboxylic acids is 1. The predicted molar refractivity (Wildman–Crippen MR) is 45.3 cm³/mol. The van der Waals surface area contributed by atoms with E-state index in [2.05, 4.69) is 4.74 Å². The van der Waals surface area contributed by atoms with Gasteiger partial charge in [0, 0.05) is 0 Å². The Kier molecular flexibility index (Phi) is 3.56. The molecular weight excluding hydrogens is 210 g/mol. The molecule has 0 amide bonds. The predicted octanol–water partition coefficient (Wildman–Crippen LogP) is 1.27. The zero-order valence-electron chi connectivity index (χ0n) is 7.54. The maximum Gasteiger partial charge on any atom is 0.329 e. The van der Waals surface area contributed by atoms with Crippen molar-refractivity contribution < 1.29 is 28.5 Å². The number of carboxylic acid groups (broad SMARTS) is 1. The molecule has 0 aliphatic rings. The molecule has 0 unspecified atom stereocenters. The Hall–Kier alpha value is -1.69. The van der Waals surface area contributed by atoms with Gasteiger partial charge in [-0.3, -0.25) is 0 Å². The molecule has 0 radical (unpaired) electrons. The summed E-state index contributed by atoms with van der Waals surface area (Å²) < 4.78 is 30.6. The number of carboxylic acids is 1. The van der Waals surface area contributed by atoms with Crippen molar-refractivity contribution in [2.24, 2.45) is 0 Å². The molecule has 1 aromatic rings. The smallest absolute Gasteiger partial charge is 0.329 e. The average molecular weight is 218 g/mol. The molecule has 0 saturated carbocycles. The number of ether oxygens (including phenoxy) is 1. The van der Waals surface area contributed by atoms with Crippen molar-refractivity contribution in [2.45, 2.75) is 6.61 Å². The van der Waals surface area contributed by atoms with Crippen molar-refractivity contribution in [3.63, 3.8) is 0 Å². The zero-order chi connectivity index (χ0) is 11.4. The highest BCUT2D eigenvalue weighted by Crippen LogP contribution is 2.22. The van der Waals surface area contributed by atoms with E-state index < -0.39 is 42.1 Å². The van der Waals surface area contributed by atoms with Gasteiger partial charge >= 0.3 is 5.97 Å². The molecule has 1 rings (SSSR count). The highest BCUT2D eigenvalue weighted by atomic mass is 19.1. The van der Waals surface area contributed by atoms with E-state index >= 15 is 0 Å². The molecule has 0 aliphatic heterocycles. The van der Waals surface area contributed by atoms with E-state index in [1.54, 1.807) is 0 Å². The summed E-state index contributed by atoms with van der Waals surface area (Å²) in [5.74, 6) is -3.97. The van der Waals surface area contributed by atoms with E-state index in [-0.39, 0.29) is 0 Å². The van der Waals surface area contributed by atoms with Crippen LogP contribution in [0.2, 0.25) is 0 Å². The van der Waals surface area contributed by atoms with E-state index in [0.29, 0.717) is 0 Å². The minimum Gasteiger partial charge on any atom is -0.505 e. The molecule has 82 valence electrons. The second kappa shape index (κ2) is 4.70. The van der Waals surface area contributed by atoms with Gasteiger partial charge in [-0.25, -0.2) is 13.6 Å². The largest absolute Gasteiger partial charge is 0.505 e. The molecule has 1 aromatic carbocycles. The Bertz CT molecular complexity index is 379. The van der Waals surface area contributed by atoms with Crippen LogP contribution in [0.25, 0.3) is 0 Å².